The smallest absolute Gasteiger partial charge is 0.275 e. The fraction of sp³-hybridized carbons (Fsp3) is 0.333. The normalized spacial score (nSPS) is 12.1. The van der Waals surface area contributed by atoms with E-state index in [1.165, 1.54) is 6.92 Å². The van der Waals surface area contributed by atoms with Crippen molar-refractivity contribution in [2.24, 2.45) is 5.73 Å². The maximum absolute atomic E-state index is 11.1. The average Bonchev–Trinajstić information content (AvgIpc) is 2.55. The molecule has 0 unspecified atom stereocenters. The predicted octanol–water partition coefficient (Wildman–Crippen LogP) is -1.33. The largest absolute Gasteiger partial charge is 0.368 e. The second-order valence-corrected chi connectivity index (χ2v) is 2.39. The minimum absolute atomic E-state index is 0.00750. The topological polar surface area (TPSA) is 111 Å². The number of primary amides is 1. The van der Waals surface area contributed by atoms with Crippen LogP contribution in [0.15, 0.2) is 10.8 Å². The Hall–Kier alpha value is -1.92. The molecular weight excluding hydrogens is 176 g/mol. The monoisotopic (exact) mass is 184 g/mol. The molecule has 7 heteroatoms. The van der Waals surface area contributed by atoms with E-state index in [0.29, 0.717) is 0 Å². The highest BCUT2D eigenvalue weighted by atomic mass is 16.6. The van der Waals surface area contributed by atoms with Crippen LogP contribution in [0, 0.1) is 0 Å². The number of rotatable bonds is 3. The predicted molar refractivity (Wildman–Crippen MR) is 40.4 cm³/mol. The van der Waals surface area contributed by atoms with Gasteiger partial charge in [0.1, 0.15) is 12.2 Å². The number of hydrogen-bond donors (Lipinski definition) is 2. The van der Waals surface area contributed by atoms with Gasteiger partial charge in [-0.2, -0.15) is 0 Å². The van der Waals surface area contributed by atoms with Crippen molar-refractivity contribution in [1.29, 1.82) is 0 Å². The zero-order valence-corrected chi connectivity index (χ0v) is 6.85. The molecule has 1 aromatic rings. The maximum atomic E-state index is 11.1. The van der Waals surface area contributed by atoms with Crippen molar-refractivity contribution < 1.29 is 14.2 Å². The molecule has 1 atom stereocenters. The number of aromatic nitrogens is 2. The third-order valence-corrected chi connectivity index (χ3v) is 1.37. The summed E-state index contributed by atoms with van der Waals surface area (Å²) < 4.78 is 4.20. The van der Waals surface area contributed by atoms with E-state index in [1.54, 1.807) is 0 Å². The molecule has 0 fully saturated rings. The van der Waals surface area contributed by atoms with Crippen LogP contribution in [0.4, 0.5) is 0 Å². The Labute approximate surface area is 73.2 Å². The Bertz CT molecular complexity index is 308. The first-order chi connectivity index (χ1) is 6.11. The Morgan fingerprint density at radius 2 is 2.38 bits per heavy atom. The second kappa shape index (κ2) is 3.65. The van der Waals surface area contributed by atoms with Crippen LogP contribution in [0.2, 0.25) is 0 Å². The fourth-order valence-electron chi connectivity index (χ4n) is 0.606. The van der Waals surface area contributed by atoms with E-state index < -0.39 is 17.9 Å². The standard InChI is InChI=1S/C6H8N4O3/c1-3(5(7)11)9-6(12)4-2-8-13-10-4/h2-3H,1H3,(H2,7,11)(H,9,12)/t3-/m0/s1. The molecule has 0 saturated heterocycles. The number of nitrogens with zero attached hydrogens (tertiary/aromatic N) is 2. The summed E-state index contributed by atoms with van der Waals surface area (Å²) in [5, 5.41) is 8.82. The zero-order valence-electron chi connectivity index (χ0n) is 6.85. The van der Waals surface area contributed by atoms with Crippen molar-refractivity contribution in [2.75, 3.05) is 0 Å². The van der Waals surface area contributed by atoms with Gasteiger partial charge < -0.3 is 11.1 Å². The number of carbonyl (C=O) groups is 2. The van der Waals surface area contributed by atoms with Gasteiger partial charge in [0, 0.05) is 0 Å². The van der Waals surface area contributed by atoms with Gasteiger partial charge in [0.05, 0.1) is 0 Å². The number of nitrogens with two attached hydrogens (primary N) is 1. The molecule has 1 aromatic heterocycles. The summed E-state index contributed by atoms with van der Waals surface area (Å²) in [7, 11) is 0. The van der Waals surface area contributed by atoms with Crippen LogP contribution >= 0.6 is 0 Å². The third-order valence-electron chi connectivity index (χ3n) is 1.37. The third kappa shape index (κ3) is 2.26. The van der Waals surface area contributed by atoms with E-state index in [0.717, 1.165) is 6.20 Å². The van der Waals surface area contributed by atoms with Crippen molar-refractivity contribution in [3.8, 4) is 0 Å². The summed E-state index contributed by atoms with van der Waals surface area (Å²) in [5.74, 6) is -1.17. The van der Waals surface area contributed by atoms with Gasteiger partial charge >= 0.3 is 0 Å². The summed E-state index contributed by atoms with van der Waals surface area (Å²) in [6, 6.07) is -0.746. The molecule has 7 nitrogen and oxygen atoms in total. The van der Waals surface area contributed by atoms with Crippen LogP contribution in [-0.2, 0) is 4.79 Å². The molecule has 0 aliphatic carbocycles. The van der Waals surface area contributed by atoms with Crippen LogP contribution in [0.25, 0.3) is 0 Å². The lowest BCUT2D eigenvalue weighted by atomic mass is 10.3. The number of nitrogens with one attached hydrogen (secondary N) is 1. The van der Waals surface area contributed by atoms with Crippen molar-refractivity contribution in [1.82, 2.24) is 15.6 Å². The SMILES string of the molecule is C[C@H](NC(=O)c1cnon1)C(N)=O. The molecule has 1 heterocycles. The van der Waals surface area contributed by atoms with Crippen LogP contribution < -0.4 is 11.1 Å². The molecule has 3 N–H and O–H groups in total. The van der Waals surface area contributed by atoms with Crippen LogP contribution in [0.3, 0.4) is 0 Å². The molecule has 0 aliphatic rings. The van der Waals surface area contributed by atoms with Crippen LogP contribution in [0.1, 0.15) is 17.4 Å². The summed E-state index contributed by atoms with van der Waals surface area (Å²) in [5.41, 5.74) is 4.93. The molecule has 0 bridgehead atoms. The lowest BCUT2D eigenvalue weighted by Crippen LogP contribution is -2.42. The van der Waals surface area contributed by atoms with Gasteiger partial charge in [0.25, 0.3) is 5.91 Å². The Morgan fingerprint density at radius 1 is 1.69 bits per heavy atom. The average molecular weight is 184 g/mol. The molecule has 0 aromatic carbocycles. The Morgan fingerprint density at radius 3 is 2.85 bits per heavy atom. The first-order valence-electron chi connectivity index (χ1n) is 3.49. The van der Waals surface area contributed by atoms with Gasteiger partial charge in [-0.25, -0.2) is 4.63 Å². The highest BCUT2D eigenvalue weighted by Crippen LogP contribution is 1.91. The lowest BCUT2D eigenvalue weighted by Gasteiger charge is -2.06. The van der Waals surface area contributed by atoms with Gasteiger partial charge in [0.2, 0.25) is 5.91 Å². The summed E-state index contributed by atoms with van der Waals surface area (Å²) in [6.45, 7) is 1.47. The van der Waals surface area contributed by atoms with Gasteiger partial charge in [-0.1, -0.05) is 5.16 Å². The number of hydrogen-bond acceptors (Lipinski definition) is 5. The van der Waals surface area contributed by atoms with E-state index in [2.05, 4.69) is 20.3 Å². The van der Waals surface area contributed by atoms with Crippen molar-refractivity contribution in [3.63, 3.8) is 0 Å². The first kappa shape index (κ1) is 9.17. The molecule has 1 rings (SSSR count). The highest BCUT2D eigenvalue weighted by Gasteiger charge is 2.15. The van der Waals surface area contributed by atoms with Gasteiger partial charge in [-0.05, 0) is 12.1 Å². The van der Waals surface area contributed by atoms with E-state index in [4.69, 9.17) is 5.73 Å². The van der Waals surface area contributed by atoms with Gasteiger partial charge in [-0.15, -0.1) is 0 Å². The molecule has 13 heavy (non-hydrogen) atoms. The molecule has 70 valence electrons. The quantitative estimate of drug-likeness (QED) is 0.604. The van der Waals surface area contributed by atoms with Crippen LogP contribution in [-0.4, -0.2) is 28.2 Å². The van der Waals surface area contributed by atoms with Gasteiger partial charge in [-0.3, -0.25) is 9.59 Å². The molecule has 0 radical (unpaired) electrons. The summed E-state index contributed by atoms with van der Waals surface area (Å²) >= 11 is 0. The highest BCUT2D eigenvalue weighted by molar-refractivity contribution is 5.95. The molecule has 2 amide bonds. The van der Waals surface area contributed by atoms with Crippen molar-refractivity contribution in [2.45, 2.75) is 13.0 Å². The minimum Gasteiger partial charge on any atom is -0.368 e. The Balaban J connectivity index is 2.56. The van der Waals surface area contributed by atoms with Crippen molar-refractivity contribution in [3.05, 3.63) is 11.9 Å². The van der Waals surface area contributed by atoms with Crippen molar-refractivity contribution >= 4 is 11.8 Å². The lowest BCUT2D eigenvalue weighted by molar-refractivity contribution is -0.119. The second-order valence-electron chi connectivity index (χ2n) is 2.39. The molecule has 0 aliphatic heterocycles. The van der Waals surface area contributed by atoms with Gasteiger partial charge in [0.15, 0.2) is 5.69 Å². The maximum Gasteiger partial charge on any atom is 0.275 e. The fourth-order valence-corrected chi connectivity index (χ4v) is 0.606. The van der Waals surface area contributed by atoms with Crippen LogP contribution in [0.5, 0.6) is 0 Å². The minimum atomic E-state index is -0.746. The van der Waals surface area contributed by atoms with E-state index in [-0.39, 0.29) is 5.69 Å². The number of amides is 2. The number of carbonyl (C=O) groups excluding carboxylic acids is 2. The summed E-state index contributed by atoms with van der Waals surface area (Å²) in [4.78, 5) is 21.7. The first-order valence-corrected chi connectivity index (χ1v) is 3.49. The van der Waals surface area contributed by atoms with E-state index in [1.807, 2.05) is 0 Å². The molecular formula is C6H8N4O3. The molecule has 0 spiro atoms. The van der Waals surface area contributed by atoms with E-state index >= 15 is 0 Å². The zero-order chi connectivity index (χ0) is 9.84. The molecule has 0 saturated carbocycles. The van der Waals surface area contributed by atoms with E-state index in [9.17, 15) is 9.59 Å². The summed E-state index contributed by atoms with van der Waals surface area (Å²) in [6.07, 6.45) is 1.14. The Kier molecular flexibility index (Phi) is 2.58.